The van der Waals surface area contributed by atoms with Gasteiger partial charge in [0.1, 0.15) is 5.82 Å². The van der Waals surface area contributed by atoms with Gasteiger partial charge in [-0.25, -0.2) is 4.39 Å². The first-order valence-electron chi connectivity index (χ1n) is 7.88. The largest absolute Gasteiger partial charge is 0.381 e. The normalized spacial score (nSPS) is 11.8. The van der Waals surface area contributed by atoms with E-state index in [2.05, 4.69) is 16.5 Å². The fourth-order valence-electron chi connectivity index (χ4n) is 2.65. The van der Waals surface area contributed by atoms with Gasteiger partial charge < -0.3 is 5.32 Å². The molecule has 0 amide bonds. The summed E-state index contributed by atoms with van der Waals surface area (Å²) in [6.07, 6.45) is 3.34. The molecular weight excluding hydrogens is 351 g/mol. The van der Waals surface area contributed by atoms with E-state index in [9.17, 15) is 8.60 Å². The van der Waals surface area contributed by atoms with Crippen LogP contribution >= 0.6 is 0 Å². The van der Waals surface area contributed by atoms with E-state index in [1.807, 2.05) is 25.4 Å². The molecule has 26 heavy (non-hydrogen) atoms. The fraction of sp³-hybridized carbons (Fsp3) is 0.158. The Hall–Kier alpha value is -2.98. The van der Waals surface area contributed by atoms with Crippen LogP contribution in [0.3, 0.4) is 0 Å². The Morgan fingerprint density at radius 2 is 2.00 bits per heavy atom. The second kappa shape index (κ2) is 7.50. The quantitative estimate of drug-likeness (QED) is 0.749. The minimum atomic E-state index is -1.36. The lowest BCUT2D eigenvalue weighted by molar-refractivity contribution is 0.596. The molecular formula is C19H17FN4OS. The number of rotatable bonds is 5. The van der Waals surface area contributed by atoms with Gasteiger partial charge in [-0.2, -0.15) is 10.4 Å². The maximum Gasteiger partial charge on any atom is 0.141 e. The zero-order chi connectivity index (χ0) is 18.7. The number of anilines is 1. The molecule has 3 rings (SSSR count). The third-order valence-corrected chi connectivity index (χ3v) is 4.87. The summed E-state index contributed by atoms with van der Waals surface area (Å²) in [6.45, 7) is 0.456. The average molecular weight is 368 g/mol. The third kappa shape index (κ3) is 3.81. The van der Waals surface area contributed by atoms with Crippen molar-refractivity contribution in [3.63, 3.8) is 0 Å². The Morgan fingerprint density at radius 1 is 1.27 bits per heavy atom. The SMILES string of the molecule is Cn1cc(CNc2ccc([S@](C)=O)c(F)c2)c(-c2ccc(C#N)cc2)n1. The van der Waals surface area contributed by atoms with Crippen molar-refractivity contribution in [2.75, 3.05) is 11.6 Å². The number of nitriles is 1. The first kappa shape index (κ1) is 17.8. The van der Waals surface area contributed by atoms with Gasteiger partial charge in [0.15, 0.2) is 0 Å². The van der Waals surface area contributed by atoms with E-state index in [1.54, 1.807) is 22.9 Å². The molecule has 3 aromatic rings. The lowest BCUT2D eigenvalue weighted by atomic mass is 10.1. The average Bonchev–Trinajstić information content (AvgIpc) is 3.00. The number of nitrogens with one attached hydrogen (secondary N) is 1. The van der Waals surface area contributed by atoms with Gasteiger partial charge in [0, 0.05) is 42.9 Å². The van der Waals surface area contributed by atoms with Crippen LogP contribution in [0.25, 0.3) is 11.3 Å². The number of hydrogen-bond acceptors (Lipinski definition) is 4. The van der Waals surface area contributed by atoms with Crippen molar-refractivity contribution in [1.82, 2.24) is 9.78 Å². The molecule has 0 aliphatic carbocycles. The zero-order valence-corrected chi connectivity index (χ0v) is 15.2. The molecule has 1 N–H and O–H groups in total. The van der Waals surface area contributed by atoms with Gasteiger partial charge in [-0.3, -0.25) is 8.89 Å². The summed E-state index contributed by atoms with van der Waals surface area (Å²) in [5, 5.41) is 16.6. The van der Waals surface area contributed by atoms with Crippen molar-refractivity contribution in [3.05, 3.63) is 65.6 Å². The molecule has 1 heterocycles. The topological polar surface area (TPSA) is 70.7 Å². The van der Waals surface area contributed by atoms with Crippen LogP contribution in [0.15, 0.2) is 53.6 Å². The third-order valence-electron chi connectivity index (χ3n) is 3.92. The fourth-order valence-corrected chi connectivity index (χ4v) is 3.25. The van der Waals surface area contributed by atoms with Crippen LogP contribution in [0.2, 0.25) is 0 Å². The van der Waals surface area contributed by atoms with Gasteiger partial charge in [0.25, 0.3) is 0 Å². The molecule has 0 radical (unpaired) electrons. The van der Waals surface area contributed by atoms with E-state index in [1.165, 1.54) is 18.4 Å². The highest BCUT2D eigenvalue weighted by atomic mass is 32.2. The van der Waals surface area contributed by atoms with Crippen molar-refractivity contribution in [3.8, 4) is 17.3 Å². The lowest BCUT2D eigenvalue weighted by Crippen LogP contribution is -2.01. The summed E-state index contributed by atoms with van der Waals surface area (Å²) in [5.41, 5.74) is 3.85. The van der Waals surface area contributed by atoms with Crippen molar-refractivity contribution in [2.24, 2.45) is 7.05 Å². The summed E-state index contributed by atoms with van der Waals surface area (Å²) in [7, 11) is 0.479. The highest BCUT2D eigenvalue weighted by Gasteiger charge is 2.11. The minimum Gasteiger partial charge on any atom is -0.381 e. The second-order valence-electron chi connectivity index (χ2n) is 5.82. The Balaban J connectivity index is 1.81. The molecule has 0 aliphatic rings. The number of hydrogen-bond donors (Lipinski definition) is 1. The highest BCUT2D eigenvalue weighted by molar-refractivity contribution is 7.84. The monoisotopic (exact) mass is 368 g/mol. The molecule has 0 unspecified atom stereocenters. The lowest BCUT2D eigenvalue weighted by Gasteiger charge is -2.08. The van der Waals surface area contributed by atoms with E-state index in [-0.39, 0.29) is 4.90 Å². The van der Waals surface area contributed by atoms with Gasteiger partial charge in [0.2, 0.25) is 0 Å². The molecule has 1 aromatic heterocycles. The van der Waals surface area contributed by atoms with Crippen LogP contribution in [0.4, 0.5) is 10.1 Å². The zero-order valence-electron chi connectivity index (χ0n) is 14.4. The first-order chi connectivity index (χ1) is 12.5. The molecule has 0 saturated carbocycles. The molecule has 0 fully saturated rings. The predicted octanol–water partition coefficient (Wildman–Crippen LogP) is 3.45. The van der Waals surface area contributed by atoms with Crippen LogP contribution < -0.4 is 5.32 Å². The molecule has 7 heteroatoms. The maximum atomic E-state index is 14.0. The van der Waals surface area contributed by atoms with E-state index >= 15 is 0 Å². The van der Waals surface area contributed by atoms with Gasteiger partial charge in [-0.1, -0.05) is 12.1 Å². The number of nitrogens with zero attached hydrogens (tertiary/aromatic N) is 3. The van der Waals surface area contributed by atoms with Crippen molar-refractivity contribution >= 4 is 16.5 Å². The molecule has 0 saturated heterocycles. The summed E-state index contributed by atoms with van der Waals surface area (Å²) in [6, 6.07) is 13.9. The summed E-state index contributed by atoms with van der Waals surface area (Å²) in [5.74, 6) is -0.491. The number of benzene rings is 2. The van der Waals surface area contributed by atoms with Crippen molar-refractivity contribution in [2.45, 2.75) is 11.4 Å². The van der Waals surface area contributed by atoms with Crippen LogP contribution in [0, 0.1) is 17.1 Å². The molecule has 0 spiro atoms. The van der Waals surface area contributed by atoms with Crippen LogP contribution in [0.1, 0.15) is 11.1 Å². The Labute approximate surface area is 153 Å². The predicted molar refractivity (Wildman–Crippen MR) is 99.4 cm³/mol. The first-order valence-corrected chi connectivity index (χ1v) is 9.43. The van der Waals surface area contributed by atoms with Crippen molar-refractivity contribution in [1.29, 1.82) is 5.26 Å². The Bertz CT molecular complexity index is 1010. The number of halogens is 1. The molecule has 1 atom stereocenters. The molecule has 2 aromatic carbocycles. The van der Waals surface area contributed by atoms with Gasteiger partial charge in [-0.05, 0) is 30.3 Å². The highest BCUT2D eigenvalue weighted by Crippen LogP contribution is 2.24. The van der Waals surface area contributed by atoms with E-state index in [0.29, 0.717) is 17.8 Å². The van der Waals surface area contributed by atoms with E-state index < -0.39 is 16.6 Å². The molecule has 0 aliphatic heterocycles. The van der Waals surface area contributed by atoms with Gasteiger partial charge >= 0.3 is 0 Å². The molecule has 132 valence electrons. The van der Waals surface area contributed by atoms with Gasteiger partial charge in [-0.15, -0.1) is 0 Å². The van der Waals surface area contributed by atoms with Crippen LogP contribution in [0.5, 0.6) is 0 Å². The smallest absolute Gasteiger partial charge is 0.141 e. The van der Waals surface area contributed by atoms with Crippen LogP contribution in [-0.2, 0) is 24.4 Å². The Kier molecular flexibility index (Phi) is 5.14. The van der Waals surface area contributed by atoms with E-state index in [4.69, 9.17) is 5.26 Å². The van der Waals surface area contributed by atoms with Crippen LogP contribution in [-0.4, -0.2) is 20.2 Å². The Morgan fingerprint density at radius 3 is 2.62 bits per heavy atom. The second-order valence-corrected chi connectivity index (χ2v) is 7.17. The van der Waals surface area contributed by atoms with Gasteiger partial charge in [0.05, 0.1) is 33.0 Å². The molecule has 5 nitrogen and oxygen atoms in total. The standard InChI is InChI=1S/C19H17FN4OS/c1-24-12-15(19(23-24)14-5-3-13(10-21)4-6-14)11-22-16-7-8-18(26(2)25)17(20)9-16/h3-9,12,22H,11H2,1-2H3/t26-/m0/s1. The summed E-state index contributed by atoms with van der Waals surface area (Å²) < 4.78 is 27.1. The number of aryl methyl sites for hydroxylation is 1. The molecule has 0 bridgehead atoms. The van der Waals surface area contributed by atoms with E-state index in [0.717, 1.165) is 16.8 Å². The number of aromatic nitrogens is 2. The minimum absolute atomic E-state index is 0.190. The maximum absolute atomic E-state index is 14.0. The summed E-state index contributed by atoms with van der Waals surface area (Å²) >= 11 is 0. The summed E-state index contributed by atoms with van der Waals surface area (Å²) in [4.78, 5) is 0.190. The van der Waals surface area contributed by atoms with Crippen molar-refractivity contribution < 1.29 is 8.60 Å².